The average molecular weight is 227 g/mol. The molecule has 1 rings (SSSR count). The zero-order chi connectivity index (χ0) is 12.0. The summed E-state index contributed by atoms with van der Waals surface area (Å²) in [7, 11) is 3.60. The predicted octanol–water partition coefficient (Wildman–Crippen LogP) is 1.57. The molecular weight excluding hydrogens is 206 g/mol. The summed E-state index contributed by atoms with van der Waals surface area (Å²) < 4.78 is 10.5. The minimum absolute atomic E-state index is 0.0817. The Bertz CT molecular complexity index is 299. The van der Waals surface area contributed by atoms with Crippen molar-refractivity contribution >= 4 is 0 Å². The molecule has 1 heterocycles. The molecule has 1 unspecified atom stereocenters. The van der Waals surface area contributed by atoms with Gasteiger partial charge >= 0.3 is 0 Å². The molecule has 1 aromatic heterocycles. The van der Waals surface area contributed by atoms with Gasteiger partial charge in [-0.25, -0.2) is 0 Å². The van der Waals surface area contributed by atoms with E-state index in [0.29, 0.717) is 17.6 Å². The molecule has 16 heavy (non-hydrogen) atoms. The molecule has 0 aliphatic rings. The first-order chi connectivity index (χ1) is 7.69. The van der Waals surface area contributed by atoms with Crippen LogP contribution in [0.3, 0.4) is 0 Å². The lowest BCUT2D eigenvalue weighted by Crippen LogP contribution is -2.11. The van der Waals surface area contributed by atoms with E-state index < -0.39 is 0 Å². The molecule has 0 spiro atoms. The van der Waals surface area contributed by atoms with E-state index in [-0.39, 0.29) is 6.10 Å². The zero-order valence-electron chi connectivity index (χ0n) is 10.5. The van der Waals surface area contributed by atoms with Crippen molar-refractivity contribution < 1.29 is 9.26 Å². The van der Waals surface area contributed by atoms with Crippen molar-refractivity contribution in [2.45, 2.75) is 32.8 Å². The van der Waals surface area contributed by atoms with Gasteiger partial charge in [0, 0.05) is 13.5 Å². The van der Waals surface area contributed by atoms with E-state index in [1.54, 1.807) is 7.11 Å². The van der Waals surface area contributed by atoms with Gasteiger partial charge in [0.1, 0.15) is 6.10 Å². The molecule has 0 saturated heterocycles. The van der Waals surface area contributed by atoms with E-state index in [0.717, 1.165) is 19.4 Å². The molecule has 0 aliphatic carbocycles. The maximum Gasteiger partial charge on any atom is 0.226 e. The fourth-order valence-electron chi connectivity index (χ4n) is 1.58. The normalized spacial score (nSPS) is 13.3. The molecular formula is C11H21N3O2. The molecule has 0 aliphatic heterocycles. The number of methoxy groups -OCH3 is 1. The highest BCUT2D eigenvalue weighted by Gasteiger charge is 2.20. The van der Waals surface area contributed by atoms with E-state index >= 15 is 0 Å². The van der Waals surface area contributed by atoms with Crippen molar-refractivity contribution in [2.24, 2.45) is 5.92 Å². The van der Waals surface area contributed by atoms with Crippen molar-refractivity contribution in [3.63, 3.8) is 0 Å². The van der Waals surface area contributed by atoms with Crippen molar-refractivity contribution in [1.82, 2.24) is 15.5 Å². The summed E-state index contributed by atoms with van der Waals surface area (Å²) in [6.07, 6.45) is 1.72. The summed E-state index contributed by atoms with van der Waals surface area (Å²) in [5.41, 5.74) is 0. The van der Waals surface area contributed by atoms with Crippen LogP contribution < -0.4 is 5.32 Å². The average Bonchev–Trinajstić information content (AvgIpc) is 2.67. The number of hydrogen-bond acceptors (Lipinski definition) is 5. The molecule has 1 aromatic rings. The fourth-order valence-corrected chi connectivity index (χ4v) is 1.58. The summed E-state index contributed by atoms with van der Waals surface area (Å²) in [5, 5.41) is 7.04. The Labute approximate surface area is 96.6 Å². The Morgan fingerprint density at radius 1 is 1.44 bits per heavy atom. The van der Waals surface area contributed by atoms with Crippen molar-refractivity contribution in [1.29, 1.82) is 0 Å². The highest BCUT2D eigenvalue weighted by molar-refractivity contribution is 4.92. The van der Waals surface area contributed by atoms with Crippen molar-refractivity contribution in [2.75, 3.05) is 20.7 Å². The standard InChI is InChI=1S/C11H21N3O2/c1-8(2)10(15-4)11-13-9(16-14-11)6-5-7-12-3/h8,10,12H,5-7H2,1-4H3. The van der Waals surface area contributed by atoms with Gasteiger partial charge in [0.05, 0.1) is 0 Å². The monoisotopic (exact) mass is 227 g/mol. The number of nitrogens with zero attached hydrogens (tertiary/aromatic N) is 2. The summed E-state index contributed by atoms with van der Waals surface area (Å²) in [4.78, 5) is 4.34. The number of nitrogens with one attached hydrogen (secondary N) is 1. The van der Waals surface area contributed by atoms with Gasteiger partial charge < -0.3 is 14.6 Å². The third-order valence-corrected chi connectivity index (χ3v) is 2.42. The molecule has 1 atom stereocenters. The molecule has 5 nitrogen and oxygen atoms in total. The summed E-state index contributed by atoms with van der Waals surface area (Å²) in [6.45, 7) is 5.10. The Hall–Kier alpha value is -0.940. The lowest BCUT2D eigenvalue weighted by molar-refractivity contribution is 0.0555. The molecule has 0 bridgehead atoms. The van der Waals surface area contributed by atoms with E-state index in [2.05, 4.69) is 29.3 Å². The minimum Gasteiger partial charge on any atom is -0.373 e. The summed E-state index contributed by atoms with van der Waals surface area (Å²) in [6, 6.07) is 0. The second-order valence-electron chi connectivity index (χ2n) is 4.15. The van der Waals surface area contributed by atoms with Gasteiger partial charge in [-0.15, -0.1) is 0 Å². The Kier molecular flexibility index (Phi) is 5.42. The Balaban J connectivity index is 2.55. The van der Waals surface area contributed by atoms with E-state index in [1.807, 2.05) is 7.05 Å². The molecule has 0 saturated carbocycles. The van der Waals surface area contributed by atoms with Gasteiger partial charge in [-0.2, -0.15) is 4.98 Å². The second kappa shape index (κ2) is 6.60. The SMILES string of the molecule is CNCCCc1nc(C(OC)C(C)C)no1. The molecule has 5 heteroatoms. The third kappa shape index (κ3) is 3.57. The van der Waals surface area contributed by atoms with Gasteiger partial charge in [0.2, 0.25) is 11.7 Å². The van der Waals surface area contributed by atoms with Crippen LogP contribution in [0.2, 0.25) is 0 Å². The molecule has 0 aromatic carbocycles. The van der Waals surface area contributed by atoms with E-state index in [9.17, 15) is 0 Å². The van der Waals surface area contributed by atoms with Gasteiger partial charge in [0.15, 0.2) is 0 Å². The maximum atomic E-state index is 5.34. The number of aromatic nitrogens is 2. The number of rotatable bonds is 7. The van der Waals surface area contributed by atoms with Crippen molar-refractivity contribution in [3.05, 3.63) is 11.7 Å². The first kappa shape index (κ1) is 13.1. The van der Waals surface area contributed by atoms with E-state index in [4.69, 9.17) is 9.26 Å². The van der Waals surface area contributed by atoms with Crippen LogP contribution in [-0.4, -0.2) is 30.8 Å². The highest BCUT2D eigenvalue weighted by atomic mass is 16.5. The molecule has 1 N–H and O–H groups in total. The minimum atomic E-state index is -0.0817. The first-order valence-corrected chi connectivity index (χ1v) is 5.69. The van der Waals surface area contributed by atoms with Crippen LogP contribution in [-0.2, 0) is 11.2 Å². The van der Waals surface area contributed by atoms with Crippen LogP contribution in [0.4, 0.5) is 0 Å². The zero-order valence-corrected chi connectivity index (χ0v) is 10.5. The highest BCUT2D eigenvalue weighted by Crippen LogP contribution is 2.22. The van der Waals surface area contributed by atoms with Gasteiger partial charge in [0.25, 0.3) is 0 Å². The van der Waals surface area contributed by atoms with E-state index in [1.165, 1.54) is 0 Å². The second-order valence-corrected chi connectivity index (χ2v) is 4.15. The third-order valence-electron chi connectivity index (χ3n) is 2.42. The first-order valence-electron chi connectivity index (χ1n) is 5.69. The smallest absolute Gasteiger partial charge is 0.226 e. The largest absolute Gasteiger partial charge is 0.373 e. The van der Waals surface area contributed by atoms with Crippen LogP contribution in [0.15, 0.2) is 4.52 Å². The number of hydrogen-bond donors (Lipinski definition) is 1. The summed E-state index contributed by atoms with van der Waals surface area (Å²) >= 11 is 0. The fraction of sp³-hybridized carbons (Fsp3) is 0.818. The molecule has 0 fully saturated rings. The maximum absolute atomic E-state index is 5.34. The number of aryl methyl sites for hydroxylation is 1. The van der Waals surface area contributed by atoms with Gasteiger partial charge in [-0.3, -0.25) is 0 Å². The summed E-state index contributed by atoms with van der Waals surface area (Å²) in [5.74, 6) is 1.68. The van der Waals surface area contributed by atoms with Crippen LogP contribution >= 0.6 is 0 Å². The Morgan fingerprint density at radius 3 is 2.75 bits per heavy atom. The lowest BCUT2D eigenvalue weighted by Gasteiger charge is -2.14. The van der Waals surface area contributed by atoms with Crippen LogP contribution in [0.1, 0.15) is 38.1 Å². The Morgan fingerprint density at radius 2 is 2.19 bits per heavy atom. The van der Waals surface area contributed by atoms with Crippen LogP contribution in [0.5, 0.6) is 0 Å². The molecule has 0 radical (unpaired) electrons. The molecule has 0 amide bonds. The van der Waals surface area contributed by atoms with Gasteiger partial charge in [-0.1, -0.05) is 19.0 Å². The van der Waals surface area contributed by atoms with Crippen LogP contribution in [0.25, 0.3) is 0 Å². The van der Waals surface area contributed by atoms with Crippen molar-refractivity contribution in [3.8, 4) is 0 Å². The van der Waals surface area contributed by atoms with Crippen LogP contribution in [0, 0.1) is 5.92 Å². The lowest BCUT2D eigenvalue weighted by atomic mass is 10.1. The predicted molar refractivity (Wildman–Crippen MR) is 61.1 cm³/mol. The topological polar surface area (TPSA) is 60.2 Å². The quantitative estimate of drug-likeness (QED) is 0.716. The molecule has 92 valence electrons. The number of ether oxygens (including phenoxy) is 1. The van der Waals surface area contributed by atoms with Gasteiger partial charge in [-0.05, 0) is 25.9 Å².